The zero-order valence-corrected chi connectivity index (χ0v) is 13.0. The number of rotatable bonds is 8. The second-order valence-electron chi connectivity index (χ2n) is 6.11. The first-order valence-electron chi connectivity index (χ1n) is 8.12. The average Bonchev–Trinajstić information content (AvgIpc) is 2.38. The van der Waals surface area contributed by atoms with Crippen LogP contribution in [-0.2, 0) is 0 Å². The molecule has 0 heterocycles. The van der Waals surface area contributed by atoms with Crippen LogP contribution in [0.2, 0.25) is 0 Å². The summed E-state index contributed by atoms with van der Waals surface area (Å²) in [4.78, 5) is 2.63. The van der Waals surface area contributed by atoms with Gasteiger partial charge in [0.1, 0.15) is 0 Å². The SMILES string of the molecule is CCNC(CC)CCCN(C)C1CCCCC1C. The van der Waals surface area contributed by atoms with Gasteiger partial charge in [-0.1, -0.05) is 33.6 Å². The zero-order chi connectivity index (χ0) is 13.4. The third-order valence-corrected chi connectivity index (χ3v) is 4.68. The number of hydrogen-bond donors (Lipinski definition) is 1. The lowest BCUT2D eigenvalue weighted by Crippen LogP contribution is -2.40. The Balaban J connectivity index is 2.21. The van der Waals surface area contributed by atoms with Gasteiger partial charge < -0.3 is 10.2 Å². The Labute approximate surface area is 115 Å². The van der Waals surface area contributed by atoms with E-state index < -0.39 is 0 Å². The Kier molecular flexibility index (Phi) is 7.92. The molecular formula is C16H34N2. The van der Waals surface area contributed by atoms with E-state index >= 15 is 0 Å². The van der Waals surface area contributed by atoms with Gasteiger partial charge in [0.25, 0.3) is 0 Å². The highest BCUT2D eigenvalue weighted by molar-refractivity contribution is 4.79. The second kappa shape index (κ2) is 8.92. The van der Waals surface area contributed by atoms with Gasteiger partial charge >= 0.3 is 0 Å². The largest absolute Gasteiger partial charge is 0.314 e. The third kappa shape index (κ3) is 5.27. The minimum atomic E-state index is 0.729. The molecule has 0 spiro atoms. The van der Waals surface area contributed by atoms with Gasteiger partial charge in [-0.3, -0.25) is 0 Å². The van der Waals surface area contributed by atoms with E-state index in [-0.39, 0.29) is 0 Å². The Morgan fingerprint density at radius 1 is 1.22 bits per heavy atom. The minimum absolute atomic E-state index is 0.729. The lowest BCUT2D eigenvalue weighted by Gasteiger charge is -2.36. The predicted octanol–water partition coefficient (Wildman–Crippen LogP) is 3.67. The summed E-state index contributed by atoms with van der Waals surface area (Å²) in [5, 5.41) is 3.58. The first kappa shape index (κ1) is 16.0. The van der Waals surface area contributed by atoms with Gasteiger partial charge in [-0.05, 0) is 58.2 Å². The summed E-state index contributed by atoms with van der Waals surface area (Å²) in [7, 11) is 2.33. The number of nitrogens with zero attached hydrogens (tertiary/aromatic N) is 1. The van der Waals surface area contributed by atoms with Crippen LogP contribution in [0.25, 0.3) is 0 Å². The maximum Gasteiger partial charge on any atom is 0.0118 e. The van der Waals surface area contributed by atoms with Gasteiger partial charge in [0, 0.05) is 12.1 Å². The van der Waals surface area contributed by atoms with Crippen LogP contribution in [0.3, 0.4) is 0 Å². The summed E-state index contributed by atoms with van der Waals surface area (Å²) >= 11 is 0. The Hall–Kier alpha value is -0.0800. The molecule has 1 N–H and O–H groups in total. The Bertz CT molecular complexity index is 205. The van der Waals surface area contributed by atoms with E-state index in [1.54, 1.807) is 0 Å². The smallest absolute Gasteiger partial charge is 0.0118 e. The molecule has 0 aromatic carbocycles. The molecule has 0 aromatic heterocycles. The Morgan fingerprint density at radius 2 is 1.94 bits per heavy atom. The van der Waals surface area contributed by atoms with Crippen LogP contribution in [0.4, 0.5) is 0 Å². The maximum absolute atomic E-state index is 3.58. The lowest BCUT2D eigenvalue weighted by molar-refractivity contribution is 0.136. The van der Waals surface area contributed by atoms with Crippen molar-refractivity contribution in [3.8, 4) is 0 Å². The molecule has 0 bridgehead atoms. The molecule has 18 heavy (non-hydrogen) atoms. The molecule has 0 amide bonds. The van der Waals surface area contributed by atoms with Crippen LogP contribution >= 0.6 is 0 Å². The van der Waals surface area contributed by atoms with E-state index in [1.165, 1.54) is 51.5 Å². The average molecular weight is 254 g/mol. The van der Waals surface area contributed by atoms with Crippen molar-refractivity contribution >= 4 is 0 Å². The monoisotopic (exact) mass is 254 g/mol. The van der Waals surface area contributed by atoms with E-state index in [2.05, 4.69) is 38.0 Å². The maximum atomic E-state index is 3.58. The van der Waals surface area contributed by atoms with Crippen LogP contribution in [0.1, 0.15) is 65.7 Å². The molecular weight excluding hydrogens is 220 g/mol. The number of hydrogen-bond acceptors (Lipinski definition) is 2. The first-order valence-corrected chi connectivity index (χ1v) is 8.12. The minimum Gasteiger partial charge on any atom is -0.314 e. The molecule has 1 rings (SSSR count). The molecule has 3 atom stereocenters. The summed E-state index contributed by atoms with van der Waals surface area (Å²) in [5.74, 6) is 0.902. The molecule has 108 valence electrons. The molecule has 2 heteroatoms. The van der Waals surface area contributed by atoms with Crippen LogP contribution in [0.15, 0.2) is 0 Å². The van der Waals surface area contributed by atoms with Gasteiger partial charge in [-0.2, -0.15) is 0 Å². The summed E-state index contributed by atoms with van der Waals surface area (Å²) < 4.78 is 0. The normalized spacial score (nSPS) is 26.5. The lowest BCUT2D eigenvalue weighted by atomic mass is 9.85. The highest BCUT2D eigenvalue weighted by atomic mass is 15.1. The molecule has 2 nitrogen and oxygen atoms in total. The van der Waals surface area contributed by atoms with Crippen molar-refractivity contribution in [2.75, 3.05) is 20.1 Å². The second-order valence-corrected chi connectivity index (χ2v) is 6.11. The van der Waals surface area contributed by atoms with Crippen molar-refractivity contribution in [1.82, 2.24) is 10.2 Å². The van der Waals surface area contributed by atoms with Crippen LogP contribution in [0, 0.1) is 5.92 Å². The summed E-state index contributed by atoms with van der Waals surface area (Å²) in [5.41, 5.74) is 0. The van der Waals surface area contributed by atoms with Crippen LogP contribution < -0.4 is 5.32 Å². The fourth-order valence-corrected chi connectivity index (χ4v) is 3.44. The van der Waals surface area contributed by atoms with Crippen molar-refractivity contribution in [3.05, 3.63) is 0 Å². The van der Waals surface area contributed by atoms with Gasteiger partial charge in [-0.25, -0.2) is 0 Å². The van der Waals surface area contributed by atoms with E-state index in [0.29, 0.717) is 0 Å². The highest BCUT2D eigenvalue weighted by Crippen LogP contribution is 2.27. The topological polar surface area (TPSA) is 15.3 Å². The fraction of sp³-hybridized carbons (Fsp3) is 1.00. The molecule has 1 fully saturated rings. The first-order chi connectivity index (χ1) is 8.69. The van der Waals surface area contributed by atoms with E-state index in [0.717, 1.165) is 24.5 Å². The molecule has 3 unspecified atom stereocenters. The molecule has 1 saturated carbocycles. The van der Waals surface area contributed by atoms with E-state index in [1.807, 2.05) is 0 Å². The van der Waals surface area contributed by atoms with Crippen molar-refractivity contribution in [1.29, 1.82) is 0 Å². The molecule has 0 saturated heterocycles. The van der Waals surface area contributed by atoms with Gasteiger partial charge in [-0.15, -0.1) is 0 Å². The molecule has 1 aliphatic carbocycles. The summed E-state index contributed by atoms with van der Waals surface area (Å²) in [6.07, 6.45) is 9.67. The third-order valence-electron chi connectivity index (χ3n) is 4.68. The van der Waals surface area contributed by atoms with E-state index in [4.69, 9.17) is 0 Å². The van der Waals surface area contributed by atoms with Crippen LogP contribution in [-0.4, -0.2) is 37.1 Å². The van der Waals surface area contributed by atoms with Crippen molar-refractivity contribution in [2.24, 2.45) is 5.92 Å². The highest BCUT2D eigenvalue weighted by Gasteiger charge is 2.24. The van der Waals surface area contributed by atoms with E-state index in [9.17, 15) is 0 Å². The summed E-state index contributed by atoms with van der Waals surface area (Å²) in [6.45, 7) is 9.32. The van der Waals surface area contributed by atoms with Crippen LogP contribution in [0.5, 0.6) is 0 Å². The Morgan fingerprint density at radius 3 is 2.56 bits per heavy atom. The molecule has 0 radical (unpaired) electrons. The molecule has 1 aliphatic rings. The quantitative estimate of drug-likeness (QED) is 0.711. The van der Waals surface area contributed by atoms with Gasteiger partial charge in [0.15, 0.2) is 0 Å². The predicted molar refractivity (Wildman–Crippen MR) is 81.0 cm³/mol. The van der Waals surface area contributed by atoms with Crippen molar-refractivity contribution in [3.63, 3.8) is 0 Å². The van der Waals surface area contributed by atoms with Gasteiger partial charge in [0.2, 0.25) is 0 Å². The van der Waals surface area contributed by atoms with Gasteiger partial charge in [0.05, 0.1) is 0 Å². The fourth-order valence-electron chi connectivity index (χ4n) is 3.44. The van der Waals surface area contributed by atoms with Crippen molar-refractivity contribution in [2.45, 2.75) is 77.8 Å². The zero-order valence-electron chi connectivity index (χ0n) is 13.0. The van der Waals surface area contributed by atoms with Crippen molar-refractivity contribution < 1.29 is 0 Å². The number of nitrogens with one attached hydrogen (secondary N) is 1. The molecule has 0 aliphatic heterocycles. The summed E-state index contributed by atoms with van der Waals surface area (Å²) in [6, 6.07) is 1.57. The standard InChI is InChI=1S/C16H34N2/c1-5-15(17-6-2)11-9-13-18(4)16-12-8-7-10-14(16)3/h14-17H,5-13H2,1-4H3. The molecule has 0 aromatic rings.